The van der Waals surface area contributed by atoms with Crippen LogP contribution in [0.15, 0.2) is 250 Å². The van der Waals surface area contributed by atoms with Gasteiger partial charge in [-0.2, -0.15) is 18.5 Å². The number of hydrogen-bond donors (Lipinski definition) is 0. The normalized spacial score (nSPS) is 16.8. The van der Waals surface area contributed by atoms with Gasteiger partial charge in [-0.15, -0.1) is 0 Å². The Labute approximate surface area is 678 Å². The average Bonchev–Trinajstić information content (AvgIpc) is 1.54. The number of aryl methyl sites for hydroxylation is 2. The number of aromatic nitrogens is 7. The van der Waals surface area contributed by atoms with E-state index in [9.17, 15) is 0 Å². The molecular weight excluding hydrogens is 1390 g/mol. The van der Waals surface area contributed by atoms with Crippen molar-refractivity contribution in [2.24, 2.45) is 35.8 Å². The minimum absolute atomic E-state index is 0.00290. The molecule has 0 radical (unpaired) electrons. The molecule has 2 atom stereocenters. The number of pyridine rings is 1. The number of benzene rings is 7. The molecule has 0 aliphatic carbocycles. The van der Waals surface area contributed by atoms with Crippen molar-refractivity contribution in [2.75, 3.05) is 47.6 Å². The van der Waals surface area contributed by atoms with Crippen LogP contribution >= 0.6 is 0 Å². The Morgan fingerprint density at radius 3 is 1.10 bits per heavy atom. The fourth-order valence-electron chi connectivity index (χ4n) is 19.6. The van der Waals surface area contributed by atoms with Gasteiger partial charge < -0.3 is 38.7 Å². The molecule has 0 saturated carbocycles. The summed E-state index contributed by atoms with van der Waals surface area (Å²) in [4.78, 5) is 33.8. The minimum Gasteiger partial charge on any atom is -0.397 e. The van der Waals surface area contributed by atoms with E-state index in [1.165, 1.54) is 109 Å². The van der Waals surface area contributed by atoms with E-state index in [4.69, 9.17) is 15.0 Å². The second kappa shape index (κ2) is 31.0. The van der Waals surface area contributed by atoms with Gasteiger partial charge in [0.1, 0.15) is 0 Å². The fraction of sp³-hybridized carbons (Fsp3) is 0.316. The first-order chi connectivity index (χ1) is 54.2. The number of anilines is 6. The maximum Gasteiger partial charge on any atom is 0.672 e. The predicted molar refractivity (Wildman–Crippen MR) is 479 cm³/mol. The second-order valence-corrected chi connectivity index (χ2v) is 35.8. The summed E-state index contributed by atoms with van der Waals surface area (Å²) in [6, 6.07) is 73.3. The number of hydrogen-bond acceptors (Lipinski definition) is 11. The molecule has 4 aromatic heterocycles. The van der Waals surface area contributed by atoms with E-state index < -0.39 is 0 Å². The molecule has 6 aliphatic heterocycles. The number of nitrogens with zero attached hydrogens (tertiary/aromatic N) is 15. The van der Waals surface area contributed by atoms with Crippen molar-refractivity contribution in [3.05, 3.63) is 291 Å². The molecular formula is C95H115B4N15+2. The number of fused-ring (bicyclic) bond motifs is 6. The van der Waals surface area contributed by atoms with E-state index >= 15 is 0 Å². The Balaban J connectivity index is 0.000000127. The molecule has 580 valence electrons. The van der Waals surface area contributed by atoms with Crippen LogP contribution in [0.2, 0.25) is 0 Å². The third-order valence-corrected chi connectivity index (χ3v) is 23.7. The van der Waals surface area contributed by atoms with Crippen LogP contribution in [0.4, 0.5) is 34.5 Å². The van der Waals surface area contributed by atoms with Gasteiger partial charge in [0.2, 0.25) is 0 Å². The highest BCUT2D eigenvalue weighted by molar-refractivity contribution is 6.80. The SMILES string of the molecule is CC1=c2ccccc2=C(C(C)(C)C)N(C)B1N1c2cccnc2N(c2ccccc2)[C@@H]1C.CC1=c2ccccc2=C(C(C)(C)C)N(C)B1N1c2nccnc2N(c2ccccc2)[C@@H]1C.CC1=c2ccccc2=C(C(C)(C)C)N(C)B1[n+]1cc(-c2ccccc2)cn1C.CC1=c2ccccc2=C(C(C)(C)C)N(C)B1[n+]1cccn1C. The lowest BCUT2D eigenvalue weighted by Crippen LogP contribution is -2.68. The van der Waals surface area contributed by atoms with Gasteiger partial charge in [-0.05, 0) is 150 Å². The van der Waals surface area contributed by atoms with Crippen LogP contribution in [0.25, 0.3) is 55.8 Å². The Morgan fingerprint density at radius 2 is 0.675 bits per heavy atom. The first-order valence-electron chi connectivity index (χ1n) is 40.5. The highest BCUT2D eigenvalue weighted by atomic mass is 15.5. The molecule has 15 nitrogen and oxygen atoms in total. The van der Waals surface area contributed by atoms with Crippen molar-refractivity contribution >= 4 is 107 Å². The van der Waals surface area contributed by atoms with E-state index in [1.807, 2.05) is 18.3 Å². The summed E-state index contributed by atoms with van der Waals surface area (Å²) in [5, 5.41) is 10.8. The van der Waals surface area contributed by atoms with Gasteiger partial charge >= 0.3 is 27.9 Å². The number of para-hydroxylation sites is 2. The summed E-state index contributed by atoms with van der Waals surface area (Å²) >= 11 is 0. The summed E-state index contributed by atoms with van der Waals surface area (Å²) in [6.07, 6.45) is 14.4. The first-order valence-corrected chi connectivity index (χ1v) is 40.5. The Bertz CT molecular complexity index is 5770. The summed E-state index contributed by atoms with van der Waals surface area (Å²) in [7, 11) is 13.1. The Hall–Kier alpha value is -11.2. The molecule has 0 N–H and O–H groups in total. The molecule has 11 aromatic rings. The summed E-state index contributed by atoms with van der Waals surface area (Å²) in [5.41, 5.74) is 17.1. The van der Waals surface area contributed by atoms with Crippen LogP contribution in [0.3, 0.4) is 0 Å². The molecule has 17 rings (SSSR count). The van der Waals surface area contributed by atoms with Gasteiger partial charge in [0, 0.05) is 106 Å². The van der Waals surface area contributed by atoms with Gasteiger partial charge in [0.05, 0.1) is 50.1 Å². The lowest BCUT2D eigenvalue weighted by Gasteiger charge is -2.45. The second-order valence-electron chi connectivity index (χ2n) is 35.8. The van der Waals surface area contributed by atoms with E-state index in [2.05, 4.69) is 443 Å². The van der Waals surface area contributed by atoms with E-state index in [-0.39, 0.29) is 61.9 Å². The van der Waals surface area contributed by atoms with E-state index in [0.717, 1.165) is 23.1 Å². The fourth-order valence-corrected chi connectivity index (χ4v) is 19.6. The molecule has 0 fully saturated rings. The van der Waals surface area contributed by atoms with Crippen molar-refractivity contribution in [2.45, 2.75) is 137 Å². The monoisotopic (exact) mass is 1510 g/mol. The van der Waals surface area contributed by atoms with Gasteiger partial charge in [0.25, 0.3) is 0 Å². The molecule has 10 heterocycles. The summed E-state index contributed by atoms with van der Waals surface area (Å²) in [5.74, 6) is 2.85. The van der Waals surface area contributed by atoms with Crippen LogP contribution < -0.4 is 70.4 Å². The zero-order chi connectivity index (χ0) is 81.4. The van der Waals surface area contributed by atoms with Crippen molar-refractivity contribution in [1.82, 2.24) is 43.6 Å². The molecule has 114 heavy (non-hydrogen) atoms. The molecule has 0 saturated heterocycles. The zero-order valence-corrected chi connectivity index (χ0v) is 71.8. The zero-order valence-electron chi connectivity index (χ0n) is 71.8. The minimum atomic E-state index is -0.00290. The van der Waals surface area contributed by atoms with Crippen molar-refractivity contribution in [3.63, 3.8) is 0 Å². The van der Waals surface area contributed by atoms with E-state index in [0.29, 0.717) is 0 Å². The smallest absolute Gasteiger partial charge is 0.397 e. The van der Waals surface area contributed by atoms with Crippen LogP contribution in [-0.2, 0) is 14.1 Å². The molecule has 6 aliphatic rings. The lowest BCUT2D eigenvalue weighted by atomic mass is 9.59. The maximum atomic E-state index is 4.83. The van der Waals surface area contributed by atoms with Crippen LogP contribution in [-0.4, -0.2) is 112 Å². The Morgan fingerprint density at radius 1 is 0.325 bits per heavy atom. The predicted octanol–water partition coefficient (Wildman–Crippen LogP) is 12.1. The maximum absolute atomic E-state index is 4.83. The molecule has 7 aromatic carbocycles. The number of rotatable bonds is 7. The van der Waals surface area contributed by atoms with Crippen molar-refractivity contribution in [1.29, 1.82) is 0 Å². The standard InChI is InChI=1S/C27H31BN4.C26H30BN5.C24H29BN3.C18H25BN3/c1-19-22-15-10-11-16-23(22)25(27(3,4)5)30(6)28(19)32-20(2)31(21-13-8-7-9-14-21)26-24(32)17-12-18-29-26;1-18-21-14-10-11-15-22(21)23(26(3,4)5)30(6)27(18)32-19(2)31(20-12-8-7-9-13-20)24-25(32)29-17-16-28-24;1-18-21-14-10-11-15-22(21)23(24(2,3)4)27(6)25(18)28-17-20(16-26(28)5)19-12-8-7-9-13-19;1-14-15-10-7-8-11-16(15)17(18(2,3)4)21(6)19(14)22-13-9-12-20(22)5/h7-18,20H,1-6H3;7-17,19H,1-6H3;7-17H,1-6H3;7-13H,1-6H3/q;;2*+1/t20-;19-;;/m00../s1. The van der Waals surface area contributed by atoms with Crippen LogP contribution in [0.5, 0.6) is 0 Å². The largest absolute Gasteiger partial charge is 0.672 e. The average molecular weight is 1510 g/mol. The van der Waals surface area contributed by atoms with Gasteiger partial charge in [-0.3, -0.25) is 0 Å². The van der Waals surface area contributed by atoms with Crippen molar-refractivity contribution < 1.29 is 9.19 Å². The Kier molecular flexibility index (Phi) is 21.6. The highest BCUT2D eigenvalue weighted by Crippen LogP contribution is 2.47. The molecule has 0 spiro atoms. The summed E-state index contributed by atoms with van der Waals surface area (Å²) < 4.78 is 9.00. The topological polar surface area (TPSA) is 82.2 Å². The van der Waals surface area contributed by atoms with Gasteiger partial charge in [-0.1, -0.05) is 247 Å². The molecule has 0 bridgehead atoms. The quantitative estimate of drug-likeness (QED) is 0.143. The molecule has 0 amide bonds. The van der Waals surface area contributed by atoms with E-state index in [1.54, 1.807) is 12.4 Å². The van der Waals surface area contributed by atoms with Gasteiger partial charge in [0.15, 0.2) is 29.8 Å². The van der Waals surface area contributed by atoms with Crippen LogP contribution in [0, 0.1) is 21.7 Å². The van der Waals surface area contributed by atoms with Gasteiger partial charge in [-0.25, -0.2) is 15.0 Å². The third-order valence-electron chi connectivity index (χ3n) is 23.7. The van der Waals surface area contributed by atoms with Crippen LogP contribution in [0.1, 0.15) is 125 Å². The molecule has 0 unspecified atom stereocenters. The van der Waals surface area contributed by atoms with Crippen molar-refractivity contribution in [3.8, 4) is 11.1 Å². The first kappa shape index (κ1) is 79.5. The third kappa shape index (κ3) is 14.3. The molecule has 19 heteroatoms. The summed E-state index contributed by atoms with van der Waals surface area (Å²) in [6.45, 7) is 41.7. The highest BCUT2D eigenvalue weighted by Gasteiger charge is 2.51. The lowest BCUT2D eigenvalue weighted by molar-refractivity contribution is -0.632.